The number of rotatable bonds is 7. The van der Waals surface area contributed by atoms with Crippen LogP contribution in [0.1, 0.15) is 36.8 Å². The highest BCUT2D eigenvalue weighted by Crippen LogP contribution is 2.10. The Kier molecular flexibility index (Phi) is 7.95. The number of hydrogen-bond donors (Lipinski definition) is 1. The molecule has 0 atom stereocenters. The molecule has 0 bridgehead atoms. The molecule has 0 saturated carbocycles. The zero-order valence-corrected chi connectivity index (χ0v) is 15.4. The summed E-state index contributed by atoms with van der Waals surface area (Å²) in [6, 6.07) is 10.3. The number of carbonyl (C=O) groups is 1. The van der Waals surface area contributed by atoms with Gasteiger partial charge < -0.3 is 10.2 Å². The van der Waals surface area contributed by atoms with Gasteiger partial charge in [0.15, 0.2) is 0 Å². The summed E-state index contributed by atoms with van der Waals surface area (Å²) in [5.41, 5.74) is 2.42. The van der Waals surface area contributed by atoms with Gasteiger partial charge in [-0.25, -0.2) is 0 Å². The summed E-state index contributed by atoms with van der Waals surface area (Å²) in [7, 11) is 0. The molecule has 1 aliphatic heterocycles. The molecule has 1 amide bonds. The van der Waals surface area contributed by atoms with Crippen LogP contribution in [-0.2, 0) is 17.9 Å². The fourth-order valence-electron chi connectivity index (χ4n) is 3.08. The minimum Gasteiger partial charge on any atom is -0.341 e. The van der Waals surface area contributed by atoms with Crippen LogP contribution in [0.25, 0.3) is 0 Å². The third-order valence-corrected chi connectivity index (χ3v) is 4.43. The number of carbonyl (C=O) groups excluding carboxylic acids is 1. The van der Waals surface area contributed by atoms with Gasteiger partial charge in [-0.2, -0.15) is 5.10 Å². The van der Waals surface area contributed by atoms with Crippen molar-refractivity contribution in [2.24, 2.45) is 0 Å². The predicted molar refractivity (Wildman–Crippen MR) is 102 cm³/mol. The summed E-state index contributed by atoms with van der Waals surface area (Å²) in [4.78, 5) is 13.9. The van der Waals surface area contributed by atoms with Crippen molar-refractivity contribution in [3.63, 3.8) is 0 Å². The maximum Gasteiger partial charge on any atom is 0.222 e. The van der Waals surface area contributed by atoms with Gasteiger partial charge in [0.05, 0.1) is 12.7 Å². The lowest BCUT2D eigenvalue weighted by Crippen LogP contribution is -2.36. The molecule has 1 N–H and O–H groups in total. The smallest absolute Gasteiger partial charge is 0.222 e. The highest BCUT2D eigenvalue weighted by Gasteiger charge is 2.15. The Bertz CT molecular complexity index is 644. The van der Waals surface area contributed by atoms with Crippen LogP contribution in [0.2, 0.25) is 0 Å². The Hall–Kier alpha value is -1.85. The summed E-state index contributed by atoms with van der Waals surface area (Å²) in [5.74, 6) is 0.310. The third kappa shape index (κ3) is 6.18. The summed E-state index contributed by atoms with van der Waals surface area (Å²) >= 11 is 0. The van der Waals surface area contributed by atoms with Crippen molar-refractivity contribution >= 4 is 18.3 Å². The monoisotopic (exact) mass is 362 g/mol. The molecular weight excluding hydrogens is 336 g/mol. The Morgan fingerprint density at radius 2 is 1.92 bits per heavy atom. The number of nitrogens with zero attached hydrogens (tertiary/aromatic N) is 3. The van der Waals surface area contributed by atoms with Crippen molar-refractivity contribution in [2.75, 3.05) is 19.6 Å². The van der Waals surface area contributed by atoms with Crippen molar-refractivity contribution < 1.29 is 4.79 Å². The number of hydrogen-bond acceptors (Lipinski definition) is 3. The van der Waals surface area contributed by atoms with Gasteiger partial charge in [0.25, 0.3) is 0 Å². The summed E-state index contributed by atoms with van der Waals surface area (Å²) in [6.07, 6.45) is 8.06. The highest BCUT2D eigenvalue weighted by atomic mass is 35.5. The zero-order chi connectivity index (χ0) is 16.6. The SMILES string of the molecule is Cl.O=C1CCCCCN1CCNCc1cnn(Cc2ccccc2)c1. The lowest BCUT2D eigenvalue weighted by atomic mass is 10.2. The van der Waals surface area contributed by atoms with Crippen molar-refractivity contribution in [3.8, 4) is 0 Å². The number of nitrogens with one attached hydrogen (secondary N) is 1. The van der Waals surface area contributed by atoms with E-state index in [1.54, 1.807) is 0 Å². The Morgan fingerprint density at radius 3 is 2.76 bits per heavy atom. The molecule has 1 aliphatic rings. The maximum atomic E-state index is 11.9. The molecule has 0 spiro atoms. The number of aromatic nitrogens is 2. The minimum absolute atomic E-state index is 0. The van der Waals surface area contributed by atoms with E-state index in [2.05, 4.69) is 28.7 Å². The first-order valence-electron chi connectivity index (χ1n) is 8.85. The Morgan fingerprint density at radius 1 is 1.08 bits per heavy atom. The number of amides is 1. The average Bonchev–Trinajstić information content (AvgIpc) is 2.94. The minimum atomic E-state index is 0. The second-order valence-electron chi connectivity index (χ2n) is 6.40. The van der Waals surface area contributed by atoms with Crippen molar-refractivity contribution in [2.45, 2.75) is 38.8 Å². The first kappa shape index (κ1) is 19.5. The first-order chi connectivity index (χ1) is 11.8. The van der Waals surface area contributed by atoms with E-state index in [4.69, 9.17) is 0 Å². The average molecular weight is 363 g/mol. The van der Waals surface area contributed by atoms with E-state index >= 15 is 0 Å². The molecule has 0 unspecified atom stereocenters. The van der Waals surface area contributed by atoms with Crippen LogP contribution >= 0.6 is 12.4 Å². The van der Waals surface area contributed by atoms with Gasteiger partial charge in [-0.15, -0.1) is 12.4 Å². The molecule has 0 radical (unpaired) electrons. The molecule has 5 nitrogen and oxygen atoms in total. The molecule has 2 heterocycles. The fraction of sp³-hybridized carbons (Fsp3) is 0.474. The number of benzene rings is 1. The van der Waals surface area contributed by atoms with Crippen LogP contribution < -0.4 is 5.32 Å². The van der Waals surface area contributed by atoms with Gasteiger partial charge in [0, 0.05) is 44.4 Å². The van der Waals surface area contributed by atoms with Crippen molar-refractivity contribution in [1.82, 2.24) is 20.0 Å². The van der Waals surface area contributed by atoms with Gasteiger partial charge in [-0.05, 0) is 18.4 Å². The standard InChI is InChI=1S/C19H26N4O.ClH/c24-19-9-5-2-6-11-22(19)12-10-20-13-18-14-21-23(16-18)15-17-7-3-1-4-8-17;/h1,3-4,7-8,14,16,20H,2,5-6,9-13,15H2;1H. The summed E-state index contributed by atoms with van der Waals surface area (Å²) < 4.78 is 1.96. The molecule has 3 rings (SSSR count). The lowest BCUT2D eigenvalue weighted by molar-refractivity contribution is -0.130. The maximum absolute atomic E-state index is 11.9. The van der Waals surface area contributed by atoms with Gasteiger partial charge >= 0.3 is 0 Å². The molecule has 1 fully saturated rings. The third-order valence-electron chi connectivity index (χ3n) is 4.43. The largest absolute Gasteiger partial charge is 0.341 e. The number of likely N-dealkylation sites (tertiary alicyclic amines) is 1. The normalized spacial score (nSPS) is 14.9. The van der Waals surface area contributed by atoms with Crippen molar-refractivity contribution in [3.05, 3.63) is 53.9 Å². The fourth-order valence-corrected chi connectivity index (χ4v) is 3.08. The molecule has 0 aliphatic carbocycles. The molecule has 2 aromatic rings. The predicted octanol–water partition coefficient (Wildman–Crippen LogP) is 2.85. The van der Waals surface area contributed by atoms with Gasteiger partial charge in [0.2, 0.25) is 5.91 Å². The van der Waals surface area contributed by atoms with Crippen LogP contribution in [0.3, 0.4) is 0 Å². The van der Waals surface area contributed by atoms with Crippen LogP contribution in [-0.4, -0.2) is 40.2 Å². The van der Waals surface area contributed by atoms with E-state index in [9.17, 15) is 4.79 Å². The molecule has 25 heavy (non-hydrogen) atoms. The number of halogens is 1. The summed E-state index contributed by atoms with van der Waals surface area (Å²) in [6.45, 7) is 4.13. The quantitative estimate of drug-likeness (QED) is 0.770. The van der Waals surface area contributed by atoms with Crippen molar-refractivity contribution in [1.29, 1.82) is 0 Å². The molecule has 1 aromatic carbocycles. The van der Waals surface area contributed by atoms with Gasteiger partial charge in [0.1, 0.15) is 0 Å². The topological polar surface area (TPSA) is 50.2 Å². The van der Waals surface area contributed by atoms with E-state index < -0.39 is 0 Å². The second-order valence-corrected chi connectivity index (χ2v) is 6.40. The zero-order valence-electron chi connectivity index (χ0n) is 14.6. The Balaban J connectivity index is 0.00000225. The van der Waals surface area contributed by atoms with E-state index in [0.717, 1.165) is 45.6 Å². The lowest BCUT2D eigenvalue weighted by Gasteiger charge is -2.20. The Labute approximate surface area is 155 Å². The molecule has 1 saturated heterocycles. The van der Waals surface area contributed by atoms with Gasteiger partial charge in [-0.1, -0.05) is 36.8 Å². The second kappa shape index (κ2) is 10.2. The van der Waals surface area contributed by atoms with E-state index in [1.807, 2.05) is 34.0 Å². The van der Waals surface area contributed by atoms with Crippen LogP contribution in [0, 0.1) is 0 Å². The molecule has 6 heteroatoms. The van der Waals surface area contributed by atoms with Crippen LogP contribution in [0.4, 0.5) is 0 Å². The molecular formula is C19H27ClN4O. The van der Waals surface area contributed by atoms with Crippen LogP contribution in [0.15, 0.2) is 42.7 Å². The molecule has 1 aromatic heterocycles. The van der Waals surface area contributed by atoms with Crippen LogP contribution in [0.5, 0.6) is 0 Å². The first-order valence-corrected chi connectivity index (χ1v) is 8.85. The van der Waals surface area contributed by atoms with E-state index in [-0.39, 0.29) is 12.4 Å². The molecule has 136 valence electrons. The highest BCUT2D eigenvalue weighted by molar-refractivity contribution is 5.85. The summed E-state index contributed by atoms with van der Waals surface area (Å²) in [5, 5.41) is 7.84. The van der Waals surface area contributed by atoms with E-state index in [0.29, 0.717) is 12.3 Å². The van der Waals surface area contributed by atoms with Gasteiger partial charge in [-0.3, -0.25) is 9.48 Å². The van der Waals surface area contributed by atoms with E-state index in [1.165, 1.54) is 17.5 Å².